The molecule has 1 saturated carbocycles. The van der Waals surface area contributed by atoms with Gasteiger partial charge in [-0.15, -0.1) is 18.3 Å². The molecule has 0 aliphatic heterocycles. The number of benzene rings is 2. The van der Waals surface area contributed by atoms with Gasteiger partial charge >= 0.3 is 6.36 Å². The van der Waals surface area contributed by atoms with Crippen LogP contribution in [0.5, 0.6) is 11.6 Å². The molecule has 2 aromatic carbocycles. The predicted molar refractivity (Wildman–Crippen MR) is 139 cm³/mol. The van der Waals surface area contributed by atoms with E-state index in [-0.39, 0.29) is 22.9 Å². The molecule has 1 fully saturated rings. The smallest absolute Gasteiger partial charge is 0.478 e. The quantitative estimate of drug-likeness (QED) is 0.313. The van der Waals surface area contributed by atoms with E-state index in [1.54, 1.807) is 34.2 Å². The van der Waals surface area contributed by atoms with Gasteiger partial charge in [-0.05, 0) is 37.1 Å². The Bertz CT molecular complexity index is 1780. The summed E-state index contributed by atoms with van der Waals surface area (Å²) in [6, 6.07) is 9.37. The maximum atomic E-state index is 13.3. The average molecular weight is 552 g/mol. The maximum absolute atomic E-state index is 13.3. The van der Waals surface area contributed by atoms with Gasteiger partial charge in [-0.1, -0.05) is 12.1 Å². The number of nitrogens with two attached hydrogens (primary N) is 1. The molecule has 0 saturated heterocycles. The topological polar surface area (TPSA) is 115 Å². The number of carbonyl (C=O) groups excluding carboxylic acids is 1. The molecule has 0 atom stereocenters. The third-order valence-electron chi connectivity index (χ3n) is 6.86. The monoisotopic (exact) mass is 551 g/mol. The van der Waals surface area contributed by atoms with Crippen molar-refractivity contribution in [3.63, 3.8) is 0 Å². The summed E-state index contributed by atoms with van der Waals surface area (Å²) in [5.74, 6) is -0.549. The number of ether oxygens (including phenoxy) is 2. The number of alkyl halides is 3. The number of fused-ring (bicyclic) bond motifs is 1. The first-order chi connectivity index (χ1) is 19.0. The molecular formula is C27H24F3N7O3. The standard InChI is InChI=1S/C27H24F3N7O3/c1-35-13-20(26(34-35)39-3)37-12-18-16(5-4-6-19(18)33-37)22-23(14-7-8-14)36(2)25(32-22)17-10-9-15(24(31)38)11-21(17)40-27(28,29)30/h4-6,9-14H,7-8H2,1-3H3,(H2,31,38). The molecular weight excluding hydrogens is 527 g/mol. The predicted octanol–water partition coefficient (Wildman–Crippen LogP) is 4.71. The summed E-state index contributed by atoms with van der Waals surface area (Å²) in [4.78, 5) is 16.6. The van der Waals surface area contributed by atoms with Crippen molar-refractivity contribution in [3.8, 4) is 40.0 Å². The Labute approximate surface area is 225 Å². The number of methoxy groups -OCH3 is 1. The Morgan fingerprint density at radius 1 is 1.07 bits per heavy atom. The van der Waals surface area contributed by atoms with Crippen molar-refractivity contribution in [1.82, 2.24) is 29.1 Å². The lowest BCUT2D eigenvalue weighted by Gasteiger charge is -2.14. The van der Waals surface area contributed by atoms with Crippen molar-refractivity contribution in [1.29, 1.82) is 0 Å². The molecule has 13 heteroatoms. The summed E-state index contributed by atoms with van der Waals surface area (Å²) in [5.41, 5.74) is 8.96. The Kier molecular flexibility index (Phi) is 5.82. The van der Waals surface area contributed by atoms with Crippen LogP contribution in [0.2, 0.25) is 0 Å². The number of nitrogens with zero attached hydrogens (tertiary/aromatic N) is 6. The van der Waals surface area contributed by atoms with Gasteiger partial charge < -0.3 is 19.8 Å². The summed E-state index contributed by atoms with van der Waals surface area (Å²) in [6.07, 6.45) is 0.527. The minimum absolute atomic E-state index is 0.0842. The molecule has 5 aromatic rings. The summed E-state index contributed by atoms with van der Waals surface area (Å²) >= 11 is 0. The molecule has 1 aliphatic carbocycles. The van der Waals surface area contributed by atoms with Crippen LogP contribution in [-0.2, 0) is 14.1 Å². The van der Waals surface area contributed by atoms with E-state index in [1.807, 2.05) is 24.4 Å². The van der Waals surface area contributed by atoms with E-state index in [9.17, 15) is 18.0 Å². The molecule has 1 amide bonds. The first-order valence-electron chi connectivity index (χ1n) is 12.4. The number of carbonyl (C=O) groups is 1. The SMILES string of the molecule is COc1nn(C)cc1-n1cc2c(-c3nc(-c4ccc(C(N)=O)cc4OC(F)(F)F)n(C)c3C3CC3)cccc2n1. The lowest BCUT2D eigenvalue weighted by Crippen LogP contribution is -2.19. The van der Waals surface area contributed by atoms with E-state index in [2.05, 4.69) is 9.84 Å². The normalized spacial score (nSPS) is 13.7. The Morgan fingerprint density at radius 2 is 1.85 bits per heavy atom. The van der Waals surface area contributed by atoms with Crippen molar-refractivity contribution in [2.45, 2.75) is 25.1 Å². The highest BCUT2D eigenvalue weighted by Gasteiger charge is 2.36. The number of amides is 1. The fourth-order valence-electron chi connectivity index (χ4n) is 4.97. The van der Waals surface area contributed by atoms with Crippen LogP contribution in [0.25, 0.3) is 39.2 Å². The number of primary amides is 1. The minimum atomic E-state index is -4.98. The van der Waals surface area contributed by atoms with E-state index in [0.29, 0.717) is 22.8 Å². The van der Waals surface area contributed by atoms with Crippen LogP contribution in [0.3, 0.4) is 0 Å². The minimum Gasteiger partial charge on any atom is -0.478 e. The van der Waals surface area contributed by atoms with Crippen molar-refractivity contribution >= 4 is 16.8 Å². The van der Waals surface area contributed by atoms with Crippen LogP contribution in [0.15, 0.2) is 48.8 Å². The van der Waals surface area contributed by atoms with Crippen molar-refractivity contribution in [2.75, 3.05) is 7.11 Å². The fourth-order valence-corrected chi connectivity index (χ4v) is 4.97. The van der Waals surface area contributed by atoms with Gasteiger partial charge in [0.25, 0.3) is 5.88 Å². The Hall–Kier alpha value is -4.81. The van der Waals surface area contributed by atoms with E-state index in [0.717, 1.165) is 35.6 Å². The van der Waals surface area contributed by atoms with E-state index < -0.39 is 18.0 Å². The number of halogens is 3. The molecule has 0 radical (unpaired) electrons. The maximum Gasteiger partial charge on any atom is 0.573 e. The largest absolute Gasteiger partial charge is 0.573 e. The summed E-state index contributed by atoms with van der Waals surface area (Å²) in [6.45, 7) is 0. The zero-order valence-corrected chi connectivity index (χ0v) is 21.7. The van der Waals surface area contributed by atoms with Crippen LogP contribution >= 0.6 is 0 Å². The highest BCUT2D eigenvalue weighted by atomic mass is 19.4. The Balaban J connectivity index is 1.54. The molecule has 1 aliphatic rings. The summed E-state index contributed by atoms with van der Waals surface area (Å²) < 4.78 is 54.8. The second-order valence-electron chi connectivity index (χ2n) is 9.63. The van der Waals surface area contributed by atoms with Gasteiger partial charge in [0.2, 0.25) is 5.91 Å². The molecule has 0 spiro atoms. The molecule has 6 rings (SSSR count). The summed E-state index contributed by atoms with van der Waals surface area (Å²) in [5, 5.41) is 9.81. The van der Waals surface area contributed by atoms with Crippen LogP contribution in [0.4, 0.5) is 13.2 Å². The zero-order valence-electron chi connectivity index (χ0n) is 21.7. The van der Waals surface area contributed by atoms with Gasteiger partial charge in [0.05, 0.1) is 30.1 Å². The lowest BCUT2D eigenvalue weighted by atomic mass is 10.0. The summed E-state index contributed by atoms with van der Waals surface area (Å²) in [7, 11) is 5.08. The van der Waals surface area contributed by atoms with Crippen LogP contribution in [0.1, 0.15) is 34.8 Å². The van der Waals surface area contributed by atoms with E-state index in [1.165, 1.54) is 19.2 Å². The first kappa shape index (κ1) is 25.5. The van der Waals surface area contributed by atoms with Crippen molar-refractivity contribution in [3.05, 3.63) is 60.0 Å². The molecule has 2 N–H and O–H groups in total. The molecule has 40 heavy (non-hydrogen) atoms. The molecule has 10 nitrogen and oxygen atoms in total. The van der Waals surface area contributed by atoms with E-state index >= 15 is 0 Å². The molecule has 0 bridgehead atoms. The van der Waals surface area contributed by atoms with Crippen LogP contribution < -0.4 is 15.2 Å². The fraction of sp³-hybridized carbons (Fsp3) is 0.259. The number of imidazole rings is 1. The molecule has 3 heterocycles. The Morgan fingerprint density at radius 3 is 2.52 bits per heavy atom. The van der Waals surface area contributed by atoms with Gasteiger partial charge in [0.1, 0.15) is 17.3 Å². The first-order valence-corrected chi connectivity index (χ1v) is 12.4. The van der Waals surface area contributed by atoms with Crippen molar-refractivity contribution in [2.24, 2.45) is 19.8 Å². The number of aryl methyl sites for hydroxylation is 1. The molecule has 206 valence electrons. The highest BCUT2D eigenvalue weighted by Crippen LogP contribution is 2.47. The van der Waals surface area contributed by atoms with E-state index in [4.69, 9.17) is 20.6 Å². The van der Waals surface area contributed by atoms with Crippen LogP contribution in [0, 0.1) is 0 Å². The number of aromatic nitrogens is 6. The van der Waals surface area contributed by atoms with Crippen molar-refractivity contribution < 1.29 is 27.4 Å². The van der Waals surface area contributed by atoms with Gasteiger partial charge in [-0.25, -0.2) is 9.67 Å². The molecule has 0 unspecified atom stereocenters. The van der Waals surface area contributed by atoms with Crippen LogP contribution in [-0.4, -0.2) is 48.5 Å². The van der Waals surface area contributed by atoms with Gasteiger partial charge in [-0.2, -0.15) is 5.10 Å². The lowest BCUT2D eigenvalue weighted by molar-refractivity contribution is -0.274. The second-order valence-corrected chi connectivity index (χ2v) is 9.63. The van der Waals surface area contributed by atoms with Gasteiger partial charge in [0, 0.05) is 48.4 Å². The number of rotatable bonds is 7. The highest BCUT2D eigenvalue weighted by molar-refractivity contribution is 5.96. The number of hydrogen-bond donors (Lipinski definition) is 1. The van der Waals surface area contributed by atoms with Gasteiger partial charge in [-0.3, -0.25) is 9.48 Å². The molecule has 3 aromatic heterocycles. The number of hydrogen-bond acceptors (Lipinski definition) is 6. The third kappa shape index (κ3) is 4.42. The zero-order chi connectivity index (χ0) is 28.3. The van der Waals surface area contributed by atoms with Gasteiger partial charge in [0.15, 0.2) is 0 Å². The second kappa shape index (κ2) is 9.14. The average Bonchev–Trinajstić information content (AvgIpc) is 3.36. The third-order valence-corrected chi connectivity index (χ3v) is 6.86.